The summed E-state index contributed by atoms with van der Waals surface area (Å²) in [7, 11) is 0. The molecule has 3 aromatic carbocycles. The maximum Gasteiger partial charge on any atom is 0.513 e. The number of hydrogen-bond acceptors (Lipinski definition) is 5. The molecular formula is C26H24N2O5. The lowest BCUT2D eigenvalue weighted by molar-refractivity contribution is -0.111. The standard InChI is InChI=1S/C26H24N2O5/c1-2-32-26(31)33-23-15-11-21(12-16-23)25(30)27-18-20-8-13-22(14-9-20)28-24(29)17-10-19-6-4-3-5-7-19/h3-17H,2,18H2,1H3,(H,27,30)(H,28,29)/b17-10+. The lowest BCUT2D eigenvalue weighted by atomic mass is 10.1. The minimum atomic E-state index is -0.790. The van der Waals surface area contributed by atoms with Crippen molar-refractivity contribution in [1.29, 1.82) is 0 Å². The van der Waals surface area contributed by atoms with Crippen LogP contribution in [0, 0.1) is 0 Å². The highest BCUT2D eigenvalue weighted by atomic mass is 16.7. The highest BCUT2D eigenvalue weighted by molar-refractivity contribution is 6.01. The molecule has 7 heteroatoms. The Labute approximate surface area is 192 Å². The molecule has 33 heavy (non-hydrogen) atoms. The van der Waals surface area contributed by atoms with Crippen molar-refractivity contribution in [3.8, 4) is 5.75 Å². The van der Waals surface area contributed by atoms with Gasteiger partial charge in [-0.1, -0.05) is 42.5 Å². The first-order valence-electron chi connectivity index (χ1n) is 10.4. The normalized spacial score (nSPS) is 10.5. The van der Waals surface area contributed by atoms with Crippen molar-refractivity contribution < 1.29 is 23.9 Å². The van der Waals surface area contributed by atoms with Crippen LogP contribution in [0.15, 0.2) is 84.9 Å². The Balaban J connectivity index is 1.46. The van der Waals surface area contributed by atoms with Crippen LogP contribution in [-0.2, 0) is 16.1 Å². The number of benzene rings is 3. The quantitative estimate of drug-likeness (QED) is 0.296. The van der Waals surface area contributed by atoms with Crippen LogP contribution in [0.1, 0.15) is 28.4 Å². The van der Waals surface area contributed by atoms with Gasteiger partial charge < -0.3 is 20.1 Å². The second-order valence-corrected chi connectivity index (χ2v) is 6.92. The van der Waals surface area contributed by atoms with Gasteiger partial charge in [0.15, 0.2) is 0 Å². The fourth-order valence-electron chi connectivity index (χ4n) is 2.83. The minimum Gasteiger partial charge on any atom is -0.434 e. The number of carbonyl (C=O) groups excluding carboxylic acids is 3. The summed E-state index contributed by atoms with van der Waals surface area (Å²) in [6.45, 7) is 2.23. The summed E-state index contributed by atoms with van der Waals surface area (Å²) in [5, 5.41) is 5.62. The number of rotatable bonds is 8. The molecule has 0 aliphatic rings. The van der Waals surface area contributed by atoms with Crippen LogP contribution in [0.3, 0.4) is 0 Å². The van der Waals surface area contributed by atoms with E-state index in [0.717, 1.165) is 11.1 Å². The van der Waals surface area contributed by atoms with E-state index in [4.69, 9.17) is 9.47 Å². The fourth-order valence-corrected chi connectivity index (χ4v) is 2.83. The number of carbonyl (C=O) groups is 3. The summed E-state index contributed by atoms with van der Waals surface area (Å²) >= 11 is 0. The van der Waals surface area contributed by atoms with Gasteiger partial charge >= 0.3 is 6.16 Å². The first kappa shape index (κ1) is 23.3. The van der Waals surface area contributed by atoms with Gasteiger partial charge in [-0.05, 0) is 60.5 Å². The van der Waals surface area contributed by atoms with Crippen LogP contribution >= 0.6 is 0 Å². The molecule has 0 saturated heterocycles. The minimum absolute atomic E-state index is 0.220. The van der Waals surface area contributed by atoms with Crippen LogP contribution < -0.4 is 15.4 Å². The highest BCUT2D eigenvalue weighted by Gasteiger charge is 2.08. The molecule has 3 rings (SSSR count). The van der Waals surface area contributed by atoms with Gasteiger partial charge in [-0.15, -0.1) is 0 Å². The first-order valence-corrected chi connectivity index (χ1v) is 10.4. The summed E-state index contributed by atoms with van der Waals surface area (Å²) in [4.78, 5) is 35.7. The van der Waals surface area contributed by atoms with Crippen LogP contribution in [0.4, 0.5) is 10.5 Å². The van der Waals surface area contributed by atoms with E-state index in [1.165, 1.54) is 18.2 Å². The lowest BCUT2D eigenvalue weighted by Gasteiger charge is -2.08. The van der Waals surface area contributed by atoms with Crippen molar-refractivity contribution in [2.45, 2.75) is 13.5 Å². The Morgan fingerprint density at radius 3 is 2.24 bits per heavy atom. The van der Waals surface area contributed by atoms with Crippen molar-refractivity contribution in [2.75, 3.05) is 11.9 Å². The molecule has 0 unspecified atom stereocenters. The Morgan fingerprint density at radius 1 is 0.879 bits per heavy atom. The predicted molar refractivity (Wildman–Crippen MR) is 126 cm³/mol. The van der Waals surface area contributed by atoms with Gasteiger partial charge in [0, 0.05) is 23.9 Å². The van der Waals surface area contributed by atoms with Crippen LogP contribution in [0.2, 0.25) is 0 Å². The molecule has 0 aliphatic carbocycles. The van der Waals surface area contributed by atoms with Gasteiger partial charge in [0.1, 0.15) is 5.75 Å². The molecule has 0 bridgehead atoms. The van der Waals surface area contributed by atoms with Crippen LogP contribution in [0.5, 0.6) is 5.75 Å². The predicted octanol–water partition coefficient (Wildman–Crippen LogP) is 4.80. The van der Waals surface area contributed by atoms with Gasteiger partial charge in [-0.25, -0.2) is 4.79 Å². The van der Waals surface area contributed by atoms with Crippen molar-refractivity contribution in [3.63, 3.8) is 0 Å². The molecule has 0 fully saturated rings. The molecule has 7 nitrogen and oxygen atoms in total. The van der Waals surface area contributed by atoms with E-state index in [-0.39, 0.29) is 18.4 Å². The monoisotopic (exact) mass is 444 g/mol. The van der Waals surface area contributed by atoms with E-state index in [2.05, 4.69) is 10.6 Å². The molecule has 0 aliphatic heterocycles. The number of hydrogen-bond donors (Lipinski definition) is 2. The Hall–Kier alpha value is -4.39. The van der Waals surface area contributed by atoms with Crippen LogP contribution in [-0.4, -0.2) is 24.6 Å². The van der Waals surface area contributed by atoms with Gasteiger partial charge in [0.25, 0.3) is 5.91 Å². The summed E-state index contributed by atoms with van der Waals surface area (Å²) in [6, 6.07) is 22.9. The van der Waals surface area contributed by atoms with Gasteiger partial charge in [0.2, 0.25) is 5.91 Å². The summed E-state index contributed by atoms with van der Waals surface area (Å²) < 4.78 is 9.67. The average molecular weight is 444 g/mol. The zero-order chi connectivity index (χ0) is 23.5. The van der Waals surface area contributed by atoms with E-state index >= 15 is 0 Å². The van der Waals surface area contributed by atoms with Crippen molar-refractivity contribution in [1.82, 2.24) is 5.32 Å². The van der Waals surface area contributed by atoms with Gasteiger partial charge in [-0.3, -0.25) is 9.59 Å². The summed E-state index contributed by atoms with van der Waals surface area (Å²) in [5.74, 6) is -0.197. The molecule has 0 spiro atoms. The third kappa shape index (κ3) is 7.66. The molecule has 0 radical (unpaired) electrons. The Bertz CT molecular complexity index is 1110. The SMILES string of the molecule is CCOC(=O)Oc1ccc(C(=O)NCc2ccc(NC(=O)/C=C/c3ccccc3)cc2)cc1. The molecular weight excluding hydrogens is 420 g/mol. The molecule has 2 amide bonds. The number of ether oxygens (including phenoxy) is 2. The third-order valence-electron chi connectivity index (χ3n) is 4.48. The Kier molecular flexibility index (Phi) is 8.36. The van der Waals surface area contributed by atoms with E-state index in [1.54, 1.807) is 37.3 Å². The second kappa shape index (κ2) is 11.9. The molecule has 3 aromatic rings. The summed E-state index contributed by atoms with van der Waals surface area (Å²) in [6.07, 6.45) is 2.43. The molecule has 0 atom stereocenters. The maximum absolute atomic E-state index is 12.3. The zero-order valence-electron chi connectivity index (χ0n) is 18.1. The molecule has 0 heterocycles. The van der Waals surface area contributed by atoms with E-state index in [0.29, 0.717) is 23.5 Å². The van der Waals surface area contributed by atoms with Gasteiger partial charge in [-0.2, -0.15) is 0 Å². The van der Waals surface area contributed by atoms with Crippen molar-refractivity contribution >= 4 is 29.7 Å². The molecule has 0 aromatic heterocycles. The number of nitrogens with one attached hydrogen (secondary N) is 2. The molecule has 0 saturated carbocycles. The van der Waals surface area contributed by atoms with Crippen molar-refractivity contribution in [3.05, 3.63) is 102 Å². The number of anilines is 1. The van der Waals surface area contributed by atoms with Crippen LogP contribution in [0.25, 0.3) is 6.08 Å². The van der Waals surface area contributed by atoms with Crippen molar-refractivity contribution in [2.24, 2.45) is 0 Å². The second-order valence-electron chi connectivity index (χ2n) is 6.92. The first-order chi connectivity index (χ1) is 16.0. The summed E-state index contributed by atoms with van der Waals surface area (Å²) in [5.41, 5.74) is 2.91. The van der Waals surface area contributed by atoms with E-state index in [9.17, 15) is 14.4 Å². The molecule has 2 N–H and O–H groups in total. The largest absolute Gasteiger partial charge is 0.513 e. The lowest BCUT2D eigenvalue weighted by Crippen LogP contribution is -2.22. The third-order valence-corrected chi connectivity index (χ3v) is 4.48. The molecule has 168 valence electrons. The number of amides is 2. The maximum atomic E-state index is 12.3. The van der Waals surface area contributed by atoms with E-state index < -0.39 is 6.16 Å². The topological polar surface area (TPSA) is 93.7 Å². The average Bonchev–Trinajstić information content (AvgIpc) is 2.83. The fraction of sp³-hybridized carbons (Fsp3) is 0.115. The van der Waals surface area contributed by atoms with Gasteiger partial charge in [0.05, 0.1) is 6.61 Å². The zero-order valence-corrected chi connectivity index (χ0v) is 18.1. The highest BCUT2D eigenvalue weighted by Crippen LogP contribution is 2.14. The van der Waals surface area contributed by atoms with E-state index in [1.807, 2.05) is 42.5 Å². The Morgan fingerprint density at radius 2 is 1.58 bits per heavy atom. The smallest absolute Gasteiger partial charge is 0.434 e.